The van der Waals surface area contributed by atoms with Gasteiger partial charge in [0.05, 0.1) is 35.1 Å². The molecule has 0 fully saturated rings. The number of rotatable bonds is 2. The summed E-state index contributed by atoms with van der Waals surface area (Å²) in [5.41, 5.74) is 8.80. The van der Waals surface area contributed by atoms with E-state index in [4.69, 9.17) is 10.5 Å². The number of nitrogens with two attached hydrogens (primary N) is 1. The van der Waals surface area contributed by atoms with Gasteiger partial charge in [-0.15, -0.1) is 0 Å². The number of para-hydroxylation sites is 2. The molecule has 0 bridgehead atoms. The van der Waals surface area contributed by atoms with E-state index in [1.54, 1.807) is 10.8 Å². The lowest BCUT2D eigenvalue weighted by atomic mass is 10.1. The number of anilines is 1. The molecule has 2 aromatic carbocycles. The van der Waals surface area contributed by atoms with E-state index in [1.807, 2.05) is 54.6 Å². The molecule has 6 heteroatoms. The Morgan fingerprint density at radius 3 is 2.23 bits per heavy atom. The van der Waals surface area contributed by atoms with Crippen molar-refractivity contribution < 1.29 is 9.53 Å². The normalized spacial score (nSPS) is 10.8. The number of nitrogens with zero attached hydrogens (tertiary/aromatic N) is 3. The lowest BCUT2D eigenvalue weighted by Crippen LogP contribution is -2.12. The lowest BCUT2D eigenvalue weighted by Gasteiger charge is -2.14. The highest BCUT2D eigenvalue weighted by atomic mass is 16.5. The van der Waals surface area contributed by atoms with Crippen molar-refractivity contribution in [3.8, 4) is 11.8 Å². The van der Waals surface area contributed by atoms with Crippen LogP contribution in [-0.4, -0.2) is 22.6 Å². The summed E-state index contributed by atoms with van der Waals surface area (Å²) >= 11 is 0. The maximum absolute atomic E-state index is 12.4. The fourth-order valence-corrected chi connectivity index (χ4v) is 3.17. The van der Waals surface area contributed by atoms with Gasteiger partial charge in [-0.1, -0.05) is 36.4 Å². The molecule has 0 aliphatic heterocycles. The molecule has 0 aliphatic rings. The predicted octanol–water partition coefficient (Wildman–Crippen LogP) is 3.42. The maximum Gasteiger partial charge on any atom is 0.357 e. The summed E-state index contributed by atoms with van der Waals surface area (Å²) < 4.78 is 6.53. The predicted molar refractivity (Wildman–Crippen MR) is 99.0 cm³/mol. The summed E-state index contributed by atoms with van der Waals surface area (Å²) in [5.74, 6) is -0.603. The summed E-state index contributed by atoms with van der Waals surface area (Å²) in [6.45, 7) is 0. The topological polar surface area (TPSA) is 93.9 Å². The molecule has 2 aromatic heterocycles. The van der Waals surface area contributed by atoms with Gasteiger partial charge in [-0.3, -0.25) is 0 Å². The van der Waals surface area contributed by atoms with Crippen LogP contribution in [0.5, 0.6) is 0 Å². The zero-order valence-electron chi connectivity index (χ0n) is 13.9. The maximum atomic E-state index is 12.4. The minimum absolute atomic E-state index is 0.101. The number of pyridine rings is 1. The highest BCUT2D eigenvalue weighted by molar-refractivity contribution is 6.05. The Hall–Kier alpha value is -3.85. The SMILES string of the molecule is COC(=O)c1c(N)c(C#N)cn1-c1c2ccccc2nc2ccccc12. The Balaban J connectivity index is 2.22. The van der Waals surface area contributed by atoms with Gasteiger partial charge in [0.1, 0.15) is 6.07 Å². The largest absolute Gasteiger partial charge is 0.464 e. The zero-order chi connectivity index (χ0) is 18.3. The fraction of sp³-hybridized carbons (Fsp3) is 0.0500. The van der Waals surface area contributed by atoms with Crippen LogP contribution >= 0.6 is 0 Å². The van der Waals surface area contributed by atoms with E-state index in [0.717, 1.165) is 27.5 Å². The number of ether oxygens (including phenoxy) is 1. The Labute approximate surface area is 149 Å². The third kappa shape index (κ3) is 2.19. The smallest absolute Gasteiger partial charge is 0.357 e. The molecule has 6 nitrogen and oxygen atoms in total. The molecule has 0 radical (unpaired) electrons. The third-order valence-corrected chi connectivity index (χ3v) is 4.34. The number of hydrogen-bond acceptors (Lipinski definition) is 5. The van der Waals surface area contributed by atoms with Crippen molar-refractivity contribution in [2.24, 2.45) is 0 Å². The van der Waals surface area contributed by atoms with Crippen LogP contribution < -0.4 is 5.73 Å². The van der Waals surface area contributed by atoms with Crippen molar-refractivity contribution in [3.05, 3.63) is 66.0 Å². The second-order valence-electron chi connectivity index (χ2n) is 5.77. The van der Waals surface area contributed by atoms with E-state index < -0.39 is 5.97 Å². The molecule has 0 spiro atoms. The highest BCUT2D eigenvalue weighted by Gasteiger charge is 2.24. The Kier molecular flexibility index (Phi) is 3.55. The number of aromatic nitrogens is 2. The van der Waals surface area contributed by atoms with Crippen LogP contribution in [-0.2, 0) is 4.74 Å². The quantitative estimate of drug-likeness (QED) is 0.445. The van der Waals surface area contributed by atoms with E-state index in [-0.39, 0.29) is 16.9 Å². The van der Waals surface area contributed by atoms with E-state index >= 15 is 0 Å². The minimum atomic E-state index is -0.603. The van der Waals surface area contributed by atoms with E-state index in [9.17, 15) is 10.1 Å². The molecule has 0 saturated heterocycles. The second-order valence-corrected chi connectivity index (χ2v) is 5.77. The standard InChI is InChI=1S/C20H14N4O2/c1-26-20(25)19-17(22)12(10-21)11-24(19)18-13-6-2-4-8-15(13)23-16-9-5-3-7-14(16)18/h2-9,11H,22H2,1H3. The van der Waals surface area contributed by atoms with Gasteiger partial charge in [-0.2, -0.15) is 5.26 Å². The summed E-state index contributed by atoms with van der Waals surface area (Å²) in [6.07, 6.45) is 1.57. The number of carbonyl (C=O) groups excluding carboxylic acids is 1. The molecule has 0 unspecified atom stereocenters. The summed E-state index contributed by atoms with van der Waals surface area (Å²) in [7, 11) is 1.29. The monoisotopic (exact) mass is 342 g/mol. The minimum Gasteiger partial charge on any atom is -0.464 e. The number of esters is 1. The molecule has 4 aromatic rings. The van der Waals surface area contributed by atoms with E-state index in [0.29, 0.717) is 0 Å². The van der Waals surface area contributed by atoms with E-state index in [2.05, 4.69) is 4.98 Å². The van der Waals surface area contributed by atoms with Crippen molar-refractivity contribution >= 4 is 33.5 Å². The van der Waals surface area contributed by atoms with Gasteiger partial charge in [0.25, 0.3) is 0 Å². The van der Waals surface area contributed by atoms with Gasteiger partial charge in [-0.25, -0.2) is 9.78 Å². The Morgan fingerprint density at radius 2 is 1.69 bits per heavy atom. The zero-order valence-corrected chi connectivity index (χ0v) is 13.9. The first-order valence-corrected chi connectivity index (χ1v) is 7.92. The van der Waals surface area contributed by atoms with Crippen molar-refractivity contribution in [2.45, 2.75) is 0 Å². The van der Waals surface area contributed by atoms with Crippen LogP contribution in [0, 0.1) is 11.3 Å². The number of nitriles is 1. The molecule has 2 N–H and O–H groups in total. The van der Waals surface area contributed by atoms with Gasteiger partial charge < -0.3 is 15.0 Å². The fourth-order valence-electron chi connectivity index (χ4n) is 3.17. The number of carbonyl (C=O) groups is 1. The summed E-state index contributed by atoms with van der Waals surface area (Å²) in [6, 6.07) is 17.3. The van der Waals surface area contributed by atoms with Crippen molar-refractivity contribution in [1.29, 1.82) is 5.26 Å². The van der Waals surface area contributed by atoms with Gasteiger partial charge in [0.15, 0.2) is 5.69 Å². The van der Waals surface area contributed by atoms with Crippen LogP contribution in [0.1, 0.15) is 16.1 Å². The van der Waals surface area contributed by atoms with Gasteiger partial charge in [0, 0.05) is 17.0 Å². The first-order chi connectivity index (χ1) is 12.7. The number of nitrogen functional groups attached to an aromatic ring is 1. The molecule has 0 saturated carbocycles. The molecular weight excluding hydrogens is 328 g/mol. The first kappa shape index (κ1) is 15.7. The molecule has 0 aliphatic carbocycles. The van der Waals surface area contributed by atoms with Gasteiger partial charge in [0.2, 0.25) is 0 Å². The van der Waals surface area contributed by atoms with Crippen LogP contribution in [0.2, 0.25) is 0 Å². The number of benzene rings is 2. The average molecular weight is 342 g/mol. The molecule has 26 heavy (non-hydrogen) atoms. The Bertz CT molecular complexity index is 1160. The Morgan fingerprint density at radius 1 is 1.12 bits per heavy atom. The molecule has 126 valence electrons. The number of fused-ring (bicyclic) bond motifs is 2. The van der Waals surface area contributed by atoms with Gasteiger partial charge in [-0.05, 0) is 12.1 Å². The molecule has 0 atom stereocenters. The number of hydrogen-bond donors (Lipinski definition) is 1. The lowest BCUT2D eigenvalue weighted by molar-refractivity contribution is 0.0593. The summed E-state index contributed by atoms with van der Waals surface area (Å²) in [4.78, 5) is 17.1. The second kappa shape index (κ2) is 5.90. The van der Waals surface area contributed by atoms with E-state index in [1.165, 1.54) is 7.11 Å². The van der Waals surface area contributed by atoms with Crippen molar-refractivity contribution in [1.82, 2.24) is 9.55 Å². The van der Waals surface area contributed by atoms with Gasteiger partial charge >= 0.3 is 5.97 Å². The molecular formula is C20H14N4O2. The van der Waals surface area contributed by atoms with Crippen LogP contribution in [0.3, 0.4) is 0 Å². The summed E-state index contributed by atoms with van der Waals surface area (Å²) in [5, 5.41) is 11.1. The number of methoxy groups -OCH3 is 1. The third-order valence-electron chi connectivity index (χ3n) is 4.34. The van der Waals surface area contributed by atoms with Crippen molar-refractivity contribution in [3.63, 3.8) is 0 Å². The van der Waals surface area contributed by atoms with Crippen LogP contribution in [0.15, 0.2) is 54.7 Å². The highest BCUT2D eigenvalue weighted by Crippen LogP contribution is 2.33. The van der Waals surface area contributed by atoms with Crippen molar-refractivity contribution in [2.75, 3.05) is 12.8 Å². The molecule has 2 heterocycles. The molecule has 4 rings (SSSR count). The molecule has 0 amide bonds. The van der Waals surface area contributed by atoms with Crippen LogP contribution in [0.25, 0.3) is 27.5 Å². The van der Waals surface area contributed by atoms with Crippen LogP contribution in [0.4, 0.5) is 5.69 Å². The average Bonchev–Trinajstić information content (AvgIpc) is 3.01. The first-order valence-electron chi connectivity index (χ1n) is 7.92.